The predicted octanol–water partition coefficient (Wildman–Crippen LogP) is 1.17. The molecule has 2 heterocycles. The highest BCUT2D eigenvalue weighted by Crippen LogP contribution is 2.19. The molecule has 8 nitrogen and oxygen atoms in total. The van der Waals surface area contributed by atoms with E-state index in [1.54, 1.807) is 13.0 Å². The maximum atomic E-state index is 11.1. The molecule has 0 unspecified atom stereocenters. The minimum Gasteiger partial charge on any atom is -0.463 e. The summed E-state index contributed by atoms with van der Waals surface area (Å²) in [6.07, 6.45) is 1.46. The maximum Gasteiger partial charge on any atom is 0.344 e. The molecule has 2 rings (SSSR count). The van der Waals surface area contributed by atoms with Crippen molar-refractivity contribution in [2.24, 2.45) is 0 Å². The van der Waals surface area contributed by atoms with Gasteiger partial charge in [-0.15, -0.1) is 0 Å². The molecule has 1 N–H and O–H groups in total. The predicted molar refractivity (Wildman–Crippen MR) is 67.6 cm³/mol. The van der Waals surface area contributed by atoms with Gasteiger partial charge in [0.25, 0.3) is 0 Å². The zero-order chi connectivity index (χ0) is 14.5. The average molecular weight is 299 g/mol. The summed E-state index contributed by atoms with van der Waals surface area (Å²) < 4.78 is 9.68. The van der Waals surface area contributed by atoms with Gasteiger partial charge in [-0.05, 0) is 19.1 Å². The van der Waals surface area contributed by atoms with Crippen molar-refractivity contribution in [3.05, 3.63) is 23.4 Å². The molecule has 0 amide bonds. The summed E-state index contributed by atoms with van der Waals surface area (Å²) in [4.78, 5) is 19.5. The lowest BCUT2D eigenvalue weighted by atomic mass is 10.3. The van der Waals surface area contributed by atoms with E-state index in [4.69, 9.17) is 16.3 Å². The molecule has 0 aliphatic carbocycles. The van der Waals surface area contributed by atoms with Gasteiger partial charge in [0.05, 0.1) is 6.61 Å². The second-order valence-corrected chi connectivity index (χ2v) is 4.00. The molecule has 20 heavy (non-hydrogen) atoms. The first kappa shape index (κ1) is 14.1. The Balaban J connectivity index is 2.12. The Hall–Kier alpha value is -2.35. The monoisotopic (exact) mass is 298 g/mol. The maximum absolute atomic E-state index is 11.1. The summed E-state index contributed by atoms with van der Waals surface area (Å²) in [5.74, 6) is -0.504. The second kappa shape index (κ2) is 6.20. The molecule has 0 spiro atoms. The molecule has 0 bridgehead atoms. The van der Waals surface area contributed by atoms with Gasteiger partial charge in [0.15, 0.2) is 6.61 Å². The molecule has 0 atom stereocenters. The molecule has 0 radical (unpaired) electrons. The first-order valence-electron chi connectivity index (χ1n) is 5.66. The van der Waals surface area contributed by atoms with Crippen LogP contribution in [0, 0.1) is 0 Å². The summed E-state index contributed by atoms with van der Waals surface area (Å²) in [6, 6.07) is 2.92. The fourth-order valence-electron chi connectivity index (χ4n) is 1.36. The number of hydrogen-bond acceptors (Lipinski definition) is 7. The van der Waals surface area contributed by atoms with E-state index in [2.05, 4.69) is 19.8 Å². The number of aromatic nitrogens is 4. The van der Waals surface area contributed by atoms with Gasteiger partial charge >= 0.3 is 12.0 Å². The molecule has 2 aromatic heterocycles. The molecule has 0 saturated heterocycles. The van der Waals surface area contributed by atoms with E-state index in [0.717, 1.165) is 0 Å². The Morgan fingerprint density at radius 2 is 2.35 bits per heavy atom. The van der Waals surface area contributed by atoms with Crippen molar-refractivity contribution in [2.45, 2.75) is 6.92 Å². The summed E-state index contributed by atoms with van der Waals surface area (Å²) in [6.45, 7) is 1.59. The van der Waals surface area contributed by atoms with Crippen molar-refractivity contribution in [3.8, 4) is 17.5 Å². The van der Waals surface area contributed by atoms with Crippen molar-refractivity contribution in [2.75, 3.05) is 13.2 Å². The number of ether oxygens (including phenoxy) is 2. The molecular formula is C11H11ClN4O4. The van der Waals surface area contributed by atoms with E-state index >= 15 is 0 Å². The fraction of sp³-hybridized carbons (Fsp3) is 0.273. The van der Waals surface area contributed by atoms with Crippen molar-refractivity contribution in [1.29, 1.82) is 0 Å². The molecule has 0 aliphatic heterocycles. The SMILES string of the molecule is CCOC(=O)COc1nc(-c2cc(Cl)ccn2)n(O)n1. The molecular weight excluding hydrogens is 288 g/mol. The number of hydrogen-bond donors (Lipinski definition) is 1. The minimum absolute atomic E-state index is 0.0476. The third-order valence-electron chi connectivity index (χ3n) is 2.15. The Labute approximate surface area is 118 Å². The zero-order valence-corrected chi connectivity index (χ0v) is 11.2. The summed E-state index contributed by atoms with van der Waals surface area (Å²) >= 11 is 5.82. The molecule has 9 heteroatoms. The number of carbonyl (C=O) groups excluding carboxylic acids is 1. The van der Waals surface area contributed by atoms with Crippen LogP contribution >= 0.6 is 11.6 Å². The van der Waals surface area contributed by atoms with Crippen LogP contribution in [-0.4, -0.2) is 44.3 Å². The van der Waals surface area contributed by atoms with Gasteiger partial charge in [0.2, 0.25) is 5.82 Å². The molecule has 0 aliphatic rings. The molecule has 0 aromatic carbocycles. The van der Waals surface area contributed by atoms with Crippen LogP contribution in [0.15, 0.2) is 18.3 Å². The summed E-state index contributed by atoms with van der Waals surface area (Å²) in [5.41, 5.74) is 0.318. The minimum atomic E-state index is -0.552. The van der Waals surface area contributed by atoms with Gasteiger partial charge in [0.1, 0.15) is 5.69 Å². The average Bonchev–Trinajstić information content (AvgIpc) is 2.78. The Kier molecular flexibility index (Phi) is 4.36. The normalized spacial score (nSPS) is 10.3. The molecule has 2 aromatic rings. The van der Waals surface area contributed by atoms with E-state index in [9.17, 15) is 10.0 Å². The van der Waals surface area contributed by atoms with E-state index < -0.39 is 5.97 Å². The van der Waals surface area contributed by atoms with Crippen LogP contribution in [0.3, 0.4) is 0 Å². The van der Waals surface area contributed by atoms with Crippen molar-refractivity contribution >= 4 is 17.6 Å². The number of halogens is 1. The first-order valence-corrected chi connectivity index (χ1v) is 6.04. The van der Waals surface area contributed by atoms with Crippen LogP contribution in [0.2, 0.25) is 5.02 Å². The van der Waals surface area contributed by atoms with Crippen LogP contribution in [0.1, 0.15) is 6.92 Å². The largest absolute Gasteiger partial charge is 0.463 e. The number of rotatable bonds is 5. The highest BCUT2D eigenvalue weighted by molar-refractivity contribution is 6.30. The number of carbonyl (C=O) groups is 1. The van der Waals surface area contributed by atoms with Crippen molar-refractivity contribution < 1.29 is 19.5 Å². The zero-order valence-electron chi connectivity index (χ0n) is 10.5. The van der Waals surface area contributed by atoms with Gasteiger partial charge in [-0.25, -0.2) is 4.79 Å². The van der Waals surface area contributed by atoms with E-state index in [1.165, 1.54) is 12.3 Å². The lowest BCUT2D eigenvalue weighted by Gasteiger charge is -2.00. The van der Waals surface area contributed by atoms with Crippen LogP contribution in [0.5, 0.6) is 6.01 Å². The van der Waals surface area contributed by atoms with Gasteiger partial charge in [0, 0.05) is 11.2 Å². The van der Waals surface area contributed by atoms with Crippen molar-refractivity contribution in [3.63, 3.8) is 0 Å². The Bertz CT molecular complexity index is 616. The lowest BCUT2D eigenvalue weighted by molar-refractivity contribution is -0.145. The number of esters is 1. The van der Waals surface area contributed by atoms with Crippen LogP contribution in [-0.2, 0) is 9.53 Å². The highest BCUT2D eigenvalue weighted by Gasteiger charge is 2.15. The first-order chi connectivity index (χ1) is 9.60. The molecule has 106 valence electrons. The van der Waals surface area contributed by atoms with Gasteiger partial charge in [-0.2, -0.15) is 4.98 Å². The smallest absolute Gasteiger partial charge is 0.344 e. The fourth-order valence-corrected chi connectivity index (χ4v) is 1.52. The lowest BCUT2D eigenvalue weighted by Crippen LogP contribution is -2.15. The number of nitrogens with zero attached hydrogens (tertiary/aromatic N) is 4. The summed E-state index contributed by atoms with van der Waals surface area (Å²) in [5, 5.41) is 13.6. The third-order valence-corrected chi connectivity index (χ3v) is 2.38. The van der Waals surface area contributed by atoms with Gasteiger partial charge in [-0.3, -0.25) is 4.98 Å². The Morgan fingerprint density at radius 1 is 1.55 bits per heavy atom. The highest BCUT2D eigenvalue weighted by atomic mass is 35.5. The summed E-state index contributed by atoms with van der Waals surface area (Å²) in [7, 11) is 0. The van der Waals surface area contributed by atoms with E-state index in [0.29, 0.717) is 15.6 Å². The quantitative estimate of drug-likeness (QED) is 0.653. The Morgan fingerprint density at radius 3 is 3.05 bits per heavy atom. The van der Waals surface area contributed by atoms with Gasteiger partial charge in [-0.1, -0.05) is 21.5 Å². The molecule has 0 fully saturated rings. The van der Waals surface area contributed by atoms with E-state index in [-0.39, 0.29) is 25.0 Å². The second-order valence-electron chi connectivity index (χ2n) is 3.56. The van der Waals surface area contributed by atoms with Gasteiger partial charge < -0.3 is 14.7 Å². The van der Waals surface area contributed by atoms with Crippen LogP contribution < -0.4 is 4.74 Å². The number of pyridine rings is 1. The van der Waals surface area contributed by atoms with Crippen molar-refractivity contribution in [1.82, 2.24) is 19.9 Å². The molecule has 0 saturated carbocycles. The third kappa shape index (κ3) is 3.35. The topological polar surface area (TPSA) is 99.4 Å². The standard InChI is InChI=1S/C11H11ClN4O4/c1-2-19-9(17)6-20-11-14-10(16(18)15-11)8-5-7(12)3-4-13-8/h3-5,18H,2,6H2,1H3. The van der Waals surface area contributed by atoms with Crippen LogP contribution in [0.25, 0.3) is 11.5 Å². The van der Waals surface area contributed by atoms with E-state index in [1.807, 2.05) is 0 Å². The van der Waals surface area contributed by atoms with Crippen LogP contribution in [0.4, 0.5) is 0 Å².